The summed E-state index contributed by atoms with van der Waals surface area (Å²) in [5.41, 5.74) is 0.589. The smallest absolute Gasteiger partial charge is 0.308 e. The van der Waals surface area contributed by atoms with Crippen LogP contribution in [0.2, 0.25) is 0 Å². The van der Waals surface area contributed by atoms with Gasteiger partial charge in [0.25, 0.3) is 0 Å². The molecule has 2 heteroatoms. The Morgan fingerprint density at radius 1 is 1.10 bits per heavy atom. The lowest BCUT2D eigenvalue weighted by Crippen LogP contribution is -2.48. The molecule has 120 valence electrons. The molecule has 3 saturated carbocycles. The van der Waals surface area contributed by atoms with Gasteiger partial charge in [-0.1, -0.05) is 34.6 Å². The normalized spacial score (nSPS) is 47.5. The molecule has 3 rings (SSSR count). The predicted octanol–water partition coefficient (Wildman–Crippen LogP) is 4.82. The van der Waals surface area contributed by atoms with E-state index in [1.807, 2.05) is 13.8 Å². The molecule has 3 fully saturated rings. The van der Waals surface area contributed by atoms with Crippen molar-refractivity contribution in [2.75, 3.05) is 0 Å². The fourth-order valence-corrected chi connectivity index (χ4v) is 6.33. The summed E-state index contributed by atoms with van der Waals surface area (Å²) in [5, 5.41) is 0. The summed E-state index contributed by atoms with van der Waals surface area (Å²) in [6, 6.07) is 0. The van der Waals surface area contributed by atoms with E-state index in [4.69, 9.17) is 4.74 Å². The first-order valence-electron chi connectivity index (χ1n) is 8.86. The second-order valence-electron chi connectivity index (χ2n) is 9.23. The molecule has 0 heterocycles. The minimum absolute atomic E-state index is 0.0191. The number of hydrogen-bond acceptors (Lipinski definition) is 2. The van der Waals surface area contributed by atoms with Crippen molar-refractivity contribution in [1.82, 2.24) is 0 Å². The maximum Gasteiger partial charge on any atom is 0.308 e. The van der Waals surface area contributed by atoms with Crippen molar-refractivity contribution in [2.45, 2.75) is 79.2 Å². The highest BCUT2D eigenvalue weighted by Crippen LogP contribution is 2.73. The highest BCUT2D eigenvalue weighted by atomic mass is 16.6. The van der Waals surface area contributed by atoms with Crippen molar-refractivity contribution in [1.29, 1.82) is 0 Å². The summed E-state index contributed by atoms with van der Waals surface area (Å²) < 4.78 is 6.06. The van der Waals surface area contributed by atoms with E-state index in [2.05, 4.69) is 27.7 Å². The van der Waals surface area contributed by atoms with Gasteiger partial charge in [0.1, 0.15) is 5.60 Å². The molecular formula is C19H32O2. The van der Waals surface area contributed by atoms with Gasteiger partial charge < -0.3 is 4.74 Å². The SMILES string of the molecule is CC(C)C(=O)O[C@]1(C)CC[C@@]23C[C@@H]1C(C)(C)C2CC[C@H]3C. The first-order chi connectivity index (χ1) is 9.63. The number of fused-ring (bicyclic) bond motifs is 1. The second kappa shape index (κ2) is 4.49. The fraction of sp³-hybridized carbons (Fsp3) is 0.947. The summed E-state index contributed by atoms with van der Waals surface area (Å²) in [6.45, 7) is 13.4. The van der Waals surface area contributed by atoms with Crippen LogP contribution < -0.4 is 0 Å². The first-order valence-corrected chi connectivity index (χ1v) is 8.86. The Hall–Kier alpha value is -0.530. The molecule has 2 nitrogen and oxygen atoms in total. The molecule has 0 amide bonds. The number of hydrogen-bond donors (Lipinski definition) is 0. The Morgan fingerprint density at radius 3 is 2.38 bits per heavy atom. The Morgan fingerprint density at radius 2 is 1.76 bits per heavy atom. The highest BCUT2D eigenvalue weighted by molar-refractivity contribution is 5.72. The molecule has 1 unspecified atom stereocenters. The maximum absolute atomic E-state index is 12.2. The van der Waals surface area contributed by atoms with Crippen molar-refractivity contribution in [3.05, 3.63) is 0 Å². The zero-order chi connectivity index (χ0) is 15.6. The number of carbonyl (C=O) groups excluding carboxylic acids is 1. The average molecular weight is 292 g/mol. The van der Waals surface area contributed by atoms with Crippen molar-refractivity contribution < 1.29 is 9.53 Å². The molecule has 0 aromatic heterocycles. The van der Waals surface area contributed by atoms with E-state index in [0.29, 0.717) is 16.7 Å². The molecule has 2 bridgehead atoms. The lowest BCUT2D eigenvalue weighted by Gasteiger charge is -2.46. The van der Waals surface area contributed by atoms with Gasteiger partial charge in [0.05, 0.1) is 5.92 Å². The minimum Gasteiger partial charge on any atom is -0.459 e. The monoisotopic (exact) mass is 292 g/mol. The fourth-order valence-electron chi connectivity index (χ4n) is 6.33. The van der Waals surface area contributed by atoms with Crippen molar-refractivity contribution in [3.8, 4) is 0 Å². The molecule has 0 aromatic carbocycles. The highest BCUT2D eigenvalue weighted by Gasteiger charge is 2.68. The molecule has 0 aliphatic heterocycles. The van der Waals surface area contributed by atoms with Gasteiger partial charge in [0, 0.05) is 5.92 Å². The molecule has 1 spiro atoms. The zero-order valence-corrected chi connectivity index (χ0v) is 14.7. The summed E-state index contributed by atoms with van der Waals surface area (Å²) >= 11 is 0. The van der Waals surface area contributed by atoms with E-state index in [1.165, 1.54) is 25.7 Å². The molecular weight excluding hydrogens is 260 g/mol. The number of esters is 1. The van der Waals surface area contributed by atoms with Crippen LogP contribution in [0.4, 0.5) is 0 Å². The zero-order valence-electron chi connectivity index (χ0n) is 14.7. The summed E-state index contributed by atoms with van der Waals surface area (Å²) in [5.74, 6) is 2.14. The molecule has 5 atom stereocenters. The summed E-state index contributed by atoms with van der Waals surface area (Å²) in [7, 11) is 0. The van der Waals surface area contributed by atoms with Crippen molar-refractivity contribution in [2.24, 2.45) is 34.5 Å². The largest absolute Gasteiger partial charge is 0.459 e. The number of carbonyl (C=O) groups is 1. The van der Waals surface area contributed by atoms with E-state index in [1.54, 1.807) is 0 Å². The lowest BCUT2D eigenvalue weighted by molar-refractivity contribution is -0.177. The van der Waals surface area contributed by atoms with Crippen LogP contribution in [-0.2, 0) is 9.53 Å². The van der Waals surface area contributed by atoms with Crippen LogP contribution in [0.1, 0.15) is 73.6 Å². The van der Waals surface area contributed by atoms with Gasteiger partial charge in [-0.15, -0.1) is 0 Å². The lowest BCUT2D eigenvalue weighted by atomic mass is 9.64. The van der Waals surface area contributed by atoms with Gasteiger partial charge in [0.15, 0.2) is 0 Å². The molecule has 3 aliphatic carbocycles. The van der Waals surface area contributed by atoms with Crippen molar-refractivity contribution in [3.63, 3.8) is 0 Å². The van der Waals surface area contributed by atoms with Crippen LogP contribution in [0.5, 0.6) is 0 Å². The van der Waals surface area contributed by atoms with Gasteiger partial charge in [-0.25, -0.2) is 0 Å². The third-order valence-electron chi connectivity index (χ3n) is 7.57. The van der Waals surface area contributed by atoms with Crippen LogP contribution >= 0.6 is 0 Å². The molecule has 21 heavy (non-hydrogen) atoms. The molecule has 3 aliphatic rings. The van der Waals surface area contributed by atoms with Gasteiger partial charge in [0.2, 0.25) is 0 Å². The Balaban J connectivity index is 1.92. The molecule has 0 N–H and O–H groups in total. The summed E-state index contributed by atoms with van der Waals surface area (Å²) in [4.78, 5) is 12.2. The van der Waals surface area contributed by atoms with Crippen LogP contribution in [0.3, 0.4) is 0 Å². The van der Waals surface area contributed by atoms with Gasteiger partial charge in [-0.05, 0) is 61.7 Å². The quantitative estimate of drug-likeness (QED) is 0.682. The summed E-state index contributed by atoms with van der Waals surface area (Å²) in [6.07, 6.45) is 6.34. The number of rotatable bonds is 2. The van der Waals surface area contributed by atoms with E-state index >= 15 is 0 Å². The standard InChI is InChI=1S/C19H32O2/c1-12(2)16(20)21-18(6)9-10-19-11-15(18)17(4,5)14(19)8-7-13(19)3/h12-15H,7-11H2,1-6H3/t13-,14?,15-,18-,19+/m1/s1. The minimum atomic E-state index is -0.250. The van der Waals surface area contributed by atoms with E-state index in [0.717, 1.165) is 18.3 Å². The second-order valence-corrected chi connectivity index (χ2v) is 9.23. The molecule has 0 radical (unpaired) electrons. The van der Waals surface area contributed by atoms with Crippen LogP contribution in [0.15, 0.2) is 0 Å². The van der Waals surface area contributed by atoms with Gasteiger partial charge >= 0.3 is 5.97 Å². The topological polar surface area (TPSA) is 26.3 Å². The van der Waals surface area contributed by atoms with Gasteiger partial charge in [-0.3, -0.25) is 4.79 Å². The Kier molecular flexibility index (Phi) is 3.28. The van der Waals surface area contributed by atoms with Crippen LogP contribution in [0.25, 0.3) is 0 Å². The first kappa shape index (κ1) is 15.4. The maximum atomic E-state index is 12.2. The van der Waals surface area contributed by atoms with E-state index in [-0.39, 0.29) is 17.5 Å². The average Bonchev–Trinajstić information content (AvgIpc) is 2.80. The van der Waals surface area contributed by atoms with Crippen LogP contribution in [-0.4, -0.2) is 11.6 Å². The predicted molar refractivity (Wildman–Crippen MR) is 84.8 cm³/mol. The third-order valence-corrected chi connectivity index (χ3v) is 7.57. The Bertz CT molecular complexity index is 452. The molecule has 0 aromatic rings. The van der Waals surface area contributed by atoms with Gasteiger partial charge in [-0.2, -0.15) is 0 Å². The Labute approximate surface area is 130 Å². The number of ether oxygens (including phenoxy) is 1. The molecule has 0 saturated heterocycles. The van der Waals surface area contributed by atoms with Crippen LogP contribution in [0, 0.1) is 34.5 Å². The van der Waals surface area contributed by atoms with E-state index in [9.17, 15) is 4.79 Å². The van der Waals surface area contributed by atoms with E-state index < -0.39 is 0 Å². The third kappa shape index (κ3) is 1.93. The van der Waals surface area contributed by atoms with Crippen molar-refractivity contribution >= 4 is 5.97 Å².